The van der Waals surface area contributed by atoms with E-state index < -0.39 is 0 Å². The Balaban J connectivity index is 1.56. The van der Waals surface area contributed by atoms with Crippen LogP contribution in [0.15, 0.2) is 54.6 Å². The summed E-state index contributed by atoms with van der Waals surface area (Å²) in [6.45, 7) is 3.53. The van der Waals surface area contributed by atoms with E-state index in [2.05, 4.69) is 5.32 Å². The van der Waals surface area contributed by atoms with Crippen LogP contribution in [0.4, 0.5) is 10.5 Å². The van der Waals surface area contributed by atoms with Crippen LogP contribution in [0.1, 0.15) is 18.9 Å². The summed E-state index contributed by atoms with van der Waals surface area (Å²) < 4.78 is 5.43. The topological polar surface area (TPSA) is 61.9 Å². The summed E-state index contributed by atoms with van der Waals surface area (Å²) in [5.74, 6) is 0.787. The van der Waals surface area contributed by atoms with Gasteiger partial charge in [-0.15, -0.1) is 0 Å². The van der Waals surface area contributed by atoms with Gasteiger partial charge in [0.05, 0.1) is 12.6 Å². The van der Waals surface area contributed by atoms with Crippen LogP contribution in [0.3, 0.4) is 0 Å². The second kappa shape index (κ2) is 8.58. The van der Waals surface area contributed by atoms with Gasteiger partial charge in [0.1, 0.15) is 5.75 Å². The van der Waals surface area contributed by atoms with Crippen LogP contribution in [0, 0.1) is 0 Å². The number of benzene rings is 2. The number of amides is 3. The van der Waals surface area contributed by atoms with Crippen molar-refractivity contribution in [3.05, 3.63) is 60.2 Å². The second-order valence-corrected chi connectivity index (χ2v) is 6.62. The highest BCUT2D eigenvalue weighted by atomic mass is 16.5. The number of rotatable bonds is 6. The predicted molar refractivity (Wildman–Crippen MR) is 105 cm³/mol. The zero-order valence-electron chi connectivity index (χ0n) is 15.7. The number of hydrogen-bond acceptors (Lipinski definition) is 3. The zero-order chi connectivity index (χ0) is 19.2. The largest absolute Gasteiger partial charge is 0.494 e. The third-order valence-corrected chi connectivity index (χ3v) is 4.52. The van der Waals surface area contributed by atoms with E-state index in [-0.39, 0.29) is 18.0 Å². The maximum atomic E-state index is 12.4. The lowest BCUT2D eigenvalue weighted by Crippen LogP contribution is -2.43. The van der Waals surface area contributed by atoms with Gasteiger partial charge in [0.25, 0.3) is 0 Å². The maximum Gasteiger partial charge on any atom is 0.317 e. The monoisotopic (exact) mass is 367 g/mol. The fraction of sp³-hybridized carbons (Fsp3) is 0.333. The minimum atomic E-state index is -0.199. The predicted octanol–water partition coefficient (Wildman–Crippen LogP) is 3.03. The Kier molecular flexibility index (Phi) is 5.96. The molecule has 6 heteroatoms. The standard InChI is InChI=1S/C21H25N3O3/c1-3-27-19-11-9-18(10-12-19)24-15-17(13-20(24)25)22-21(26)23(2)14-16-7-5-4-6-8-16/h4-12,17H,3,13-15H2,1-2H3,(H,22,26)/t17-/m1/s1. The van der Waals surface area contributed by atoms with Crippen LogP contribution < -0.4 is 15.0 Å². The Morgan fingerprint density at radius 2 is 1.89 bits per heavy atom. The molecule has 0 aromatic heterocycles. The van der Waals surface area contributed by atoms with Crippen molar-refractivity contribution in [3.63, 3.8) is 0 Å². The Labute approximate surface area is 159 Å². The van der Waals surface area contributed by atoms with E-state index in [1.54, 1.807) is 16.8 Å². The molecule has 27 heavy (non-hydrogen) atoms. The fourth-order valence-electron chi connectivity index (χ4n) is 3.16. The molecule has 1 fully saturated rings. The van der Waals surface area contributed by atoms with Crippen molar-refractivity contribution < 1.29 is 14.3 Å². The molecule has 0 unspecified atom stereocenters. The lowest BCUT2D eigenvalue weighted by molar-refractivity contribution is -0.117. The summed E-state index contributed by atoms with van der Waals surface area (Å²) in [4.78, 5) is 28.1. The molecule has 0 radical (unpaired) electrons. The van der Waals surface area contributed by atoms with E-state index in [4.69, 9.17) is 4.74 Å². The smallest absolute Gasteiger partial charge is 0.317 e. The molecule has 0 aliphatic carbocycles. The van der Waals surface area contributed by atoms with Crippen molar-refractivity contribution in [1.29, 1.82) is 0 Å². The number of hydrogen-bond donors (Lipinski definition) is 1. The molecule has 6 nitrogen and oxygen atoms in total. The molecule has 1 aliphatic rings. The number of carbonyl (C=O) groups is 2. The van der Waals surface area contributed by atoms with Crippen molar-refractivity contribution in [1.82, 2.24) is 10.2 Å². The average Bonchev–Trinajstić information content (AvgIpc) is 3.03. The normalized spacial score (nSPS) is 16.3. The van der Waals surface area contributed by atoms with E-state index in [0.29, 0.717) is 26.1 Å². The van der Waals surface area contributed by atoms with Gasteiger partial charge in [0, 0.05) is 32.2 Å². The molecule has 2 aromatic carbocycles. The van der Waals surface area contributed by atoms with Crippen LogP contribution >= 0.6 is 0 Å². The SMILES string of the molecule is CCOc1ccc(N2C[C@H](NC(=O)N(C)Cc3ccccc3)CC2=O)cc1. The Morgan fingerprint density at radius 3 is 2.56 bits per heavy atom. The molecule has 1 atom stereocenters. The molecular weight excluding hydrogens is 342 g/mol. The summed E-state index contributed by atoms with van der Waals surface area (Å²) in [5, 5.41) is 2.96. The molecule has 142 valence electrons. The van der Waals surface area contributed by atoms with Gasteiger partial charge in [-0.2, -0.15) is 0 Å². The minimum Gasteiger partial charge on any atom is -0.494 e. The molecular formula is C21H25N3O3. The van der Waals surface area contributed by atoms with E-state index in [1.165, 1.54) is 0 Å². The van der Waals surface area contributed by atoms with Gasteiger partial charge in [-0.1, -0.05) is 30.3 Å². The summed E-state index contributed by atoms with van der Waals surface area (Å²) >= 11 is 0. The van der Waals surface area contributed by atoms with Crippen molar-refractivity contribution in [2.45, 2.75) is 25.9 Å². The first-order valence-corrected chi connectivity index (χ1v) is 9.15. The maximum absolute atomic E-state index is 12.4. The number of urea groups is 1. The molecule has 1 saturated heterocycles. The third kappa shape index (κ3) is 4.78. The second-order valence-electron chi connectivity index (χ2n) is 6.62. The van der Waals surface area contributed by atoms with E-state index in [9.17, 15) is 9.59 Å². The number of nitrogens with one attached hydrogen (secondary N) is 1. The lowest BCUT2D eigenvalue weighted by Gasteiger charge is -2.21. The molecule has 3 amide bonds. The van der Waals surface area contributed by atoms with Gasteiger partial charge in [-0.3, -0.25) is 4.79 Å². The molecule has 1 heterocycles. The van der Waals surface area contributed by atoms with Crippen LogP contribution in [0.5, 0.6) is 5.75 Å². The Morgan fingerprint density at radius 1 is 1.19 bits per heavy atom. The third-order valence-electron chi connectivity index (χ3n) is 4.52. The fourth-order valence-corrected chi connectivity index (χ4v) is 3.16. The van der Waals surface area contributed by atoms with Gasteiger partial charge in [0.15, 0.2) is 0 Å². The lowest BCUT2D eigenvalue weighted by atomic mass is 10.2. The van der Waals surface area contributed by atoms with Crippen LogP contribution in [-0.4, -0.2) is 43.1 Å². The summed E-state index contributed by atoms with van der Waals surface area (Å²) in [7, 11) is 1.75. The van der Waals surface area contributed by atoms with Gasteiger partial charge < -0.3 is 19.9 Å². The van der Waals surface area contributed by atoms with Gasteiger partial charge in [-0.25, -0.2) is 4.79 Å². The molecule has 0 spiro atoms. The van der Waals surface area contributed by atoms with Crippen LogP contribution in [-0.2, 0) is 11.3 Å². The number of carbonyl (C=O) groups excluding carboxylic acids is 2. The highest BCUT2D eigenvalue weighted by Gasteiger charge is 2.32. The first-order valence-electron chi connectivity index (χ1n) is 9.15. The van der Waals surface area contributed by atoms with Crippen LogP contribution in [0.25, 0.3) is 0 Å². The highest BCUT2D eigenvalue weighted by Crippen LogP contribution is 2.24. The number of anilines is 1. The van der Waals surface area contributed by atoms with E-state index >= 15 is 0 Å². The summed E-state index contributed by atoms with van der Waals surface area (Å²) in [5.41, 5.74) is 1.88. The quantitative estimate of drug-likeness (QED) is 0.854. The number of nitrogens with zero attached hydrogens (tertiary/aromatic N) is 2. The molecule has 0 saturated carbocycles. The zero-order valence-corrected chi connectivity index (χ0v) is 15.7. The van der Waals surface area contributed by atoms with Gasteiger partial charge >= 0.3 is 6.03 Å². The first-order chi connectivity index (χ1) is 13.1. The minimum absolute atomic E-state index is 0.00942. The van der Waals surface area contributed by atoms with Crippen molar-refractivity contribution in [3.8, 4) is 5.75 Å². The Bertz CT molecular complexity index is 777. The van der Waals surface area contributed by atoms with Gasteiger partial charge in [-0.05, 0) is 36.8 Å². The van der Waals surface area contributed by atoms with E-state index in [1.807, 2.05) is 61.5 Å². The number of ether oxygens (including phenoxy) is 1. The summed E-state index contributed by atoms with van der Waals surface area (Å²) in [6, 6.07) is 16.9. The Hall–Kier alpha value is -3.02. The summed E-state index contributed by atoms with van der Waals surface area (Å²) in [6.07, 6.45) is 0.304. The molecule has 1 N–H and O–H groups in total. The van der Waals surface area contributed by atoms with E-state index in [0.717, 1.165) is 17.0 Å². The van der Waals surface area contributed by atoms with Crippen molar-refractivity contribution >= 4 is 17.6 Å². The molecule has 0 bridgehead atoms. The first kappa shape index (κ1) is 18.8. The van der Waals surface area contributed by atoms with Gasteiger partial charge in [0.2, 0.25) is 5.91 Å². The van der Waals surface area contributed by atoms with Crippen LogP contribution in [0.2, 0.25) is 0 Å². The highest BCUT2D eigenvalue weighted by molar-refractivity contribution is 5.96. The average molecular weight is 367 g/mol. The molecule has 3 rings (SSSR count). The van der Waals surface area contributed by atoms with Crippen molar-refractivity contribution in [2.24, 2.45) is 0 Å². The van der Waals surface area contributed by atoms with Crippen molar-refractivity contribution in [2.75, 3.05) is 25.1 Å². The molecule has 1 aliphatic heterocycles. The molecule has 2 aromatic rings.